The van der Waals surface area contributed by atoms with Crippen molar-refractivity contribution in [3.05, 3.63) is 53.6 Å². The Kier molecular flexibility index (Phi) is 9.36. The average molecular weight is 489 g/mol. The molecule has 1 fully saturated rings. The van der Waals surface area contributed by atoms with Crippen LogP contribution < -0.4 is 14.2 Å². The van der Waals surface area contributed by atoms with Gasteiger partial charge in [-0.25, -0.2) is 13.1 Å². The summed E-state index contributed by atoms with van der Waals surface area (Å²) in [5.74, 6) is 1.02. The molecule has 1 heterocycles. The number of likely N-dealkylation sites (tertiary alicyclic amines) is 1. The van der Waals surface area contributed by atoms with Crippen molar-refractivity contribution in [3.8, 4) is 11.5 Å². The van der Waals surface area contributed by atoms with E-state index in [0.717, 1.165) is 43.4 Å². The summed E-state index contributed by atoms with van der Waals surface area (Å²) >= 11 is 0. The summed E-state index contributed by atoms with van der Waals surface area (Å²) in [6.07, 6.45) is 5.59. The fourth-order valence-corrected chi connectivity index (χ4v) is 5.19. The Bertz CT molecular complexity index is 1060. The summed E-state index contributed by atoms with van der Waals surface area (Å²) < 4.78 is 39.6. The predicted octanol–water partition coefficient (Wildman–Crippen LogP) is 4.41. The molecule has 0 radical (unpaired) electrons. The molecule has 0 saturated carbocycles. The first-order valence-electron chi connectivity index (χ1n) is 12.0. The first-order valence-corrected chi connectivity index (χ1v) is 13.5. The molecular weight excluding hydrogens is 452 g/mol. The third-order valence-electron chi connectivity index (χ3n) is 5.81. The molecule has 186 valence electrons. The van der Waals surface area contributed by atoms with Crippen LogP contribution in [0.1, 0.15) is 61.9 Å². The second-order valence-electron chi connectivity index (χ2n) is 8.88. The Labute approximate surface area is 203 Å². The molecule has 8 heteroatoms. The van der Waals surface area contributed by atoms with Crippen LogP contribution in [-0.2, 0) is 16.4 Å². The normalized spacial score (nSPS) is 14.6. The Hall–Kier alpha value is -2.58. The Balaban J connectivity index is 1.64. The Morgan fingerprint density at radius 1 is 1.06 bits per heavy atom. The number of methoxy groups -OCH3 is 1. The van der Waals surface area contributed by atoms with Gasteiger partial charge >= 0.3 is 0 Å². The van der Waals surface area contributed by atoms with Gasteiger partial charge in [0.05, 0.1) is 23.7 Å². The number of amides is 1. The van der Waals surface area contributed by atoms with Crippen LogP contribution in [0.3, 0.4) is 0 Å². The average Bonchev–Trinajstić information content (AvgIpc) is 3.10. The van der Waals surface area contributed by atoms with E-state index in [1.54, 1.807) is 11.0 Å². The van der Waals surface area contributed by atoms with Crippen molar-refractivity contribution in [1.29, 1.82) is 0 Å². The second-order valence-corrected chi connectivity index (χ2v) is 10.7. The number of nitrogens with zero attached hydrogens (tertiary/aromatic N) is 1. The summed E-state index contributed by atoms with van der Waals surface area (Å²) in [5.41, 5.74) is 1.38. The van der Waals surface area contributed by atoms with E-state index in [1.807, 2.05) is 38.1 Å². The molecule has 0 atom stereocenters. The van der Waals surface area contributed by atoms with E-state index in [9.17, 15) is 13.2 Å². The van der Waals surface area contributed by atoms with Crippen LogP contribution in [0, 0.1) is 0 Å². The summed E-state index contributed by atoms with van der Waals surface area (Å²) in [7, 11) is -2.27. The van der Waals surface area contributed by atoms with E-state index in [2.05, 4.69) is 4.72 Å². The maximum absolute atomic E-state index is 13.1. The first-order chi connectivity index (χ1) is 16.3. The van der Waals surface area contributed by atoms with Gasteiger partial charge in [0, 0.05) is 19.6 Å². The number of benzene rings is 2. The van der Waals surface area contributed by atoms with Gasteiger partial charge in [0.1, 0.15) is 11.5 Å². The van der Waals surface area contributed by atoms with Gasteiger partial charge in [-0.1, -0.05) is 25.0 Å². The quantitative estimate of drug-likeness (QED) is 0.501. The lowest BCUT2D eigenvalue weighted by Crippen LogP contribution is -2.32. The van der Waals surface area contributed by atoms with Crippen LogP contribution >= 0.6 is 0 Å². The van der Waals surface area contributed by atoms with E-state index < -0.39 is 10.0 Å². The number of aryl methyl sites for hydroxylation is 1. The molecule has 0 aromatic heterocycles. The van der Waals surface area contributed by atoms with Gasteiger partial charge in [-0.3, -0.25) is 4.79 Å². The van der Waals surface area contributed by atoms with Gasteiger partial charge < -0.3 is 14.4 Å². The summed E-state index contributed by atoms with van der Waals surface area (Å²) in [5, 5.41) is 0. The number of ether oxygens (including phenoxy) is 2. The van der Waals surface area contributed by atoms with Crippen molar-refractivity contribution in [2.24, 2.45) is 0 Å². The lowest BCUT2D eigenvalue weighted by molar-refractivity contribution is 0.0758. The van der Waals surface area contributed by atoms with Crippen molar-refractivity contribution in [2.45, 2.75) is 63.4 Å². The zero-order valence-corrected chi connectivity index (χ0v) is 21.2. The molecule has 0 unspecified atom stereocenters. The molecule has 2 aromatic carbocycles. The highest BCUT2D eigenvalue weighted by atomic mass is 32.2. The summed E-state index contributed by atoms with van der Waals surface area (Å²) in [4.78, 5) is 15.0. The van der Waals surface area contributed by atoms with Crippen molar-refractivity contribution in [2.75, 3.05) is 26.7 Å². The van der Waals surface area contributed by atoms with Gasteiger partial charge in [-0.05, 0) is 75.4 Å². The standard InChI is InChI=1S/C26H36N2O5S/c1-20(2)33-22-12-8-10-21(18-22)11-9-15-27-34(30,31)23-13-14-25(32-3)24(19-23)26(29)28-16-6-4-5-7-17-28/h8,10,12-14,18-20,27H,4-7,9,11,15-17H2,1-3H3. The predicted molar refractivity (Wildman–Crippen MR) is 133 cm³/mol. The molecular formula is C26H36N2O5S. The zero-order chi connectivity index (χ0) is 24.6. The number of rotatable bonds is 10. The third-order valence-corrected chi connectivity index (χ3v) is 7.27. The molecule has 1 amide bonds. The van der Waals surface area contributed by atoms with Gasteiger partial charge in [0.2, 0.25) is 10.0 Å². The highest BCUT2D eigenvalue weighted by Crippen LogP contribution is 2.25. The van der Waals surface area contributed by atoms with Crippen LogP contribution in [0.5, 0.6) is 11.5 Å². The van der Waals surface area contributed by atoms with Crippen LogP contribution in [0.15, 0.2) is 47.4 Å². The smallest absolute Gasteiger partial charge is 0.257 e. The molecule has 0 aliphatic carbocycles. The molecule has 0 spiro atoms. The number of nitrogens with one attached hydrogen (secondary N) is 1. The number of carbonyl (C=O) groups excluding carboxylic acids is 1. The zero-order valence-electron chi connectivity index (χ0n) is 20.4. The van der Waals surface area contributed by atoms with Crippen molar-refractivity contribution >= 4 is 15.9 Å². The minimum Gasteiger partial charge on any atom is -0.496 e. The maximum Gasteiger partial charge on any atom is 0.257 e. The molecule has 2 aromatic rings. The molecule has 34 heavy (non-hydrogen) atoms. The van der Waals surface area contributed by atoms with Crippen LogP contribution in [0.4, 0.5) is 0 Å². The second kappa shape index (κ2) is 12.2. The van der Waals surface area contributed by atoms with E-state index in [-0.39, 0.29) is 22.5 Å². The van der Waals surface area contributed by atoms with E-state index in [1.165, 1.54) is 19.2 Å². The van der Waals surface area contributed by atoms with Gasteiger partial charge in [0.25, 0.3) is 5.91 Å². The molecule has 1 aliphatic heterocycles. The summed E-state index contributed by atoms with van der Waals surface area (Å²) in [6, 6.07) is 12.3. The number of hydrogen-bond donors (Lipinski definition) is 1. The van der Waals surface area contributed by atoms with Gasteiger partial charge in [0.15, 0.2) is 0 Å². The summed E-state index contributed by atoms with van der Waals surface area (Å²) in [6.45, 7) is 5.61. The molecule has 7 nitrogen and oxygen atoms in total. The SMILES string of the molecule is COc1ccc(S(=O)(=O)NCCCc2cccc(OC(C)C)c2)cc1C(=O)N1CCCCCC1. The molecule has 1 saturated heterocycles. The minimum absolute atomic E-state index is 0.0683. The van der Waals surface area contributed by atoms with Crippen molar-refractivity contribution in [1.82, 2.24) is 9.62 Å². The monoisotopic (exact) mass is 488 g/mol. The van der Waals surface area contributed by atoms with Gasteiger partial charge in [-0.15, -0.1) is 0 Å². The van der Waals surface area contributed by atoms with Crippen molar-refractivity contribution in [3.63, 3.8) is 0 Å². The van der Waals surface area contributed by atoms with E-state index in [4.69, 9.17) is 9.47 Å². The largest absolute Gasteiger partial charge is 0.496 e. The topological polar surface area (TPSA) is 84.9 Å². The highest BCUT2D eigenvalue weighted by molar-refractivity contribution is 7.89. The van der Waals surface area contributed by atoms with Gasteiger partial charge in [-0.2, -0.15) is 0 Å². The minimum atomic E-state index is -3.76. The maximum atomic E-state index is 13.1. The Morgan fingerprint density at radius 2 is 1.79 bits per heavy atom. The fourth-order valence-electron chi connectivity index (χ4n) is 4.09. The lowest BCUT2D eigenvalue weighted by Gasteiger charge is -2.22. The van der Waals surface area contributed by atoms with Crippen molar-refractivity contribution < 1.29 is 22.7 Å². The number of carbonyl (C=O) groups is 1. The Morgan fingerprint density at radius 3 is 2.47 bits per heavy atom. The van der Waals surface area contributed by atoms with E-state index >= 15 is 0 Å². The molecule has 1 N–H and O–H groups in total. The van der Waals surface area contributed by atoms with Crippen LogP contribution in [-0.4, -0.2) is 52.1 Å². The number of hydrogen-bond acceptors (Lipinski definition) is 5. The van der Waals surface area contributed by atoms with Crippen LogP contribution in [0.25, 0.3) is 0 Å². The molecule has 0 bridgehead atoms. The molecule has 3 rings (SSSR count). The van der Waals surface area contributed by atoms with Crippen LogP contribution in [0.2, 0.25) is 0 Å². The lowest BCUT2D eigenvalue weighted by atomic mass is 10.1. The fraction of sp³-hybridized carbons (Fsp3) is 0.500. The first kappa shape index (κ1) is 26.0. The number of sulfonamides is 1. The highest BCUT2D eigenvalue weighted by Gasteiger charge is 2.24. The third kappa shape index (κ3) is 7.21. The molecule has 1 aliphatic rings. The van der Waals surface area contributed by atoms with E-state index in [0.29, 0.717) is 31.8 Å².